The van der Waals surface area contributed by atoms with Gasteiger partial charge in [0, 0.05) is 24.6 Å². The number of hydrogen-bond donors (Lipinski definition) is 1. The van der Waals surface area contributed by atoms with Crippen molar-refractivity contribution in [2.75, 3.05) is 13.2 Å². The highest BCUT2D eigenvalue weighted by molar-refractivity contribution is 7.07. The number of fused-ring (bicyclic) bond motifs is 1. The van der Waals surface area contributed by atoms with Crippen LogP contribution in [0.3, 0.4) is 0 Å². The van der Waals surface area contributed by atoms with E-state index >= 15 is 0 Å². The molecule has 0 radical (unpaired) electrons. The highest BCUT2D eigenvalue weighted by atomic mass is 32.1. The Morgan fingerprint density at radius 2 is 2.42 bits per heavy atom. The number of aromatic nitrogens is 1. The number of nitrogens with one attached hydrogen (secondary N) is 1. The molecule has 24 heavy (non-hydrogen) atoms. The number of likely N-dealkylation sites (tertiary alicyclic amines) is 1. The van der Waals surface area contributed by atoms with Gasteiger partial charge in [0.15, 0.2) is 0 Å². The highest BCUT2D eigenvalue weighted by Crippen LogP contribution is 2.30. The molecule has 4 heterocycles. The first kappa shape index (κ1) is 15.8. The lowest BCUT2D eigenvalue weighted by Gasteiger charge is -2.32. The molecular weight excluding hydrogens is 326 g/mol. The van der Waals surface area contributed by atoms with Crippen LogP contribution < -0.4 is 5.32 Å². The van der Waals surface area contributed by atoms with Crippen LogP contribution in [-0.4, -0.2) is 47.1 Å². The van der Waals surface area contributed by atoms with Crippen molar-refractivity contribution in [1.29, 1.82) is 0 Å². The minimum absolute atomic E-state index is 0.0134. The Hall–Kier alpha value is -1.70. The predicted octanol–water partition coefficient (Wildman–Crippen LogP) is 2.21. The normalized spacial score (nSPS) is 27.1. The average molecular weight is 347 g/mol. The summed E-state index contributed by atoms with van der Waals surface area (Å²) in [6.07, 6.45) is 2.19. The number of carbonyl (C=O) groups is 1. The number of ether oxygens (including phenoxy) is 1. The number of amides is 1. The van der Waals surface area contributed by atoms with Crippen LogP contribution in [0.25, 0.3) is 0 Å². The fraction of sp³-hybridized carbons (Fsp3) is 0.529. The van der Waals surface area contributed by atoms with Gasteiger partial charge in [-0.05, 0) is 31.9 Å². The summed E-state index contributed by atoms with van der Waals surface area (Å²) in [4.78, 5) is 18.8. The van der Waals surface area contributed by atoms with Crippen molar-refractivity contribution in [2.24, 2.45) is 0 Å². The quantitative estimate of drug-likeness (QED) is 0.918. The molecule has 2 aromatic heterocycles. The predicted molar refractivity (Wildman–Crippen MR) is 90.0 cm³/mol. The maximum absolute atomic E-state index is 12.3. The van der Waals surface area contributed by atoms with Crippen LogP contribution in [0.2, 0.25) is 0 Å². The van der Waals surface area contributed by atoms with Gasteiger partial charge in [-0.15, -0.1) is 11.3 Å². The summed E-state index contributed by atoms with van der Waals surface area (Å²) in [7, 11) is 0. The van der Waals surface area contributed by atoms with Crippen molar-refractivity contribution in [1.82, 2.24) is 15.2 Å². The number of thiazole rings is 1. The Kier molecular flexibility index (Phi) is 4.39. The maximum atomic E-state index is 12.3. The first-order chi connectivity index (χ1) is 11.7. The zero-order valence-corrected chi connectivity index (χ0v) is 14.4. The molecular formula is C17H21N3O3S. The van der Waals surface area contributed by atoms with E-state index < -0.39 is 0 Å². The molecule has 7 heteroatoms. The van der Waals surface area contributed by atoms with E-state index in [1.54, 1.807) is 10.9 Å². The minimum Gasteiger partial charge on any atom is -0.465 e. The van der Waals surface area contributed by atoms with Crippen LogP contribution >= 0.6 is 11.3 Å². The minimum atomic E-state index is -0.120. The molecule has 0 spiro atoms. The molecule has 3 atom stereocenters. The topological polar surface area (TPSA) is 67.6 Å². The van der Waals surface area contributed by atoms with Crippen LogP contribution in [0.4, 0.5) is 0 Å². The summed E-state index contributed by atoms with van der Waals surface area (Å²) in [5.74, 6) is 1.77. The van der Waals surface area contributed by atoms with Crippen LogP contribution in [0.15, 0.2) is 27.4 Å². The van der Waals surface area contributed by atoms with Crippen molar-refractivity contribution in [3.63, 3.8) is 0 Å². The first-order valence-electron chi connectivity index (χ1n) is 8.31. The molecule has 2 fully saturated rings. The van der Waals surface area contributed by atoms with E-state index in [9.17, 15) is 4.79 Å². The summed E-state index contributed by atoms with van der Waals surface area (Å²) in [5, 5.41) is 4.88. The third-order valence-corrected chi connectivity index (χ3v) is 5.35. The molecule has 0 bridgehead atoms. The van der Waals surface area contributed by atoms with Crippen LogP contribution in [0.1, 0.15) is 34.9 Å². The van der Waals surface area contributed by atoms with Gasteiger partial charge in [0.05, 0.1) is 24.2 Å². The number of hydrogen-bond acceptors (Lipinski definition) is 6. The van der Waals surface area contributed by atoms with E-state index in [1.807, 2.05) is 19.1 Å². The fourth-order valence-electron chi connectivity index (χ4n) is 3.70. The third-order valence-electron chi connectivity index (χ3n) is 4.77. The average Bonchev–Trinajstić information content (AvgIpc) is 3.30. The van der Waals surface area contributed by atoms with Gasteiger partial charge in [-0.2, -0.15) is 0 Å². The summed E-state index contributed by atoms with van der Waals surface area (Å²) in [6.45, 7) is 4.24. The fourth-order valence-corrected chi connectivity index (χ4v) is 4.23. The molecule has 0 aliphatic carbocycles. The zero-order chi connectivity index (χ0) is 16.5. The second kappa shape index (κ2) is 6.66. The van der Waals surface area contributed by atoms with Crippen molar-refractivity contribution < 1.29 is 13.9 Å². The molecule has 2 saturated heterocycles. The van der Waals surface area contributed by atoms with Gasteiger partial charge in [-0.25, -0.2) is 4.98 Å². The van der Waals surface area contributed by atoms with E-state index in [0.717, 1.165) is 44.1 Å². The molecule has 2 aliphatic heterocycles. The van der Waals surface area contributed by atoms with Crippen LogP contribution in [0, 0.1) is 6.92 Å². The molecule has 4 rings (SSSR count). The van der Waals surface area contributed by atoms with E-state index in [1.165, 1.54) is 11.3 Å². The third kappa shape index (κ3) is 3.11. The lowest BCUT2D eigenvalue weighted by atomic mass is 10.0. The summed E-state index contributed by atoms with van der Waals surface area (Å²) < 4.78 is 11.7. The van der Waals surface area contributed by atoms with Crippen molar-refractivity contribution >= 4 is 17.2 Å². The van der Waals surface area contributed by atoms with Crippen LogP contribution in [0.5, 0.6) is 0 Å². The SMILES string of the molecule is Cc1ccc(CN2C[C@H](NC(=O)c3cscn3)[C@@H]3OCCC[C@@H]32)o1. The van der Waals surface area contributed by atoms with Gasteiger partial charge in [0.2, 0.25) is 0 Å². The van der Waals surface area contributed by atoms with Crippen molar-refractivity contribution in [3.05, 3.63) is 40.2 Å². The second-order valence-corrected chi connectivity index (χ2v) is 7.16. The molecule has 6 nitrogen and oxygen atoms in total. The monoisotopic (exact) mass is 347 g/mol. The van der Waals surface area contributed by atoms with Gasteiger partial charge in [0.25, 0.3) is 5.91 Å². The summed E-state index contributed by atoms with van der Waals surface area (Å²) in [5.41, 5.74) is 2.15. The molecule has 0 aromatic carbocycles. The number of nitrogens with zero attached hydrogens (tertiary/aromatic N) is 2. The Labute approximate surface area is 144 Å². The smallest absolute Gasteiger partial charge is 0.271 e. The van der Waals surface area contributed by atoms with Gasteiger partial charge in [0.1, 0.15) is 17.2 Å². The molecule has 0 saturated carbocycles. The van der Waals surface area contributed by atoms with E-state index in [4.69, 9.17) is 9.15 Å². The second-order valence-electron chi connectivity index (χ2n) is 6.44. The molecule has 1 amide bonds. The van der Waals surface area contributed by atoms with E-state index in [0.29, 0.717) is 11.7 Å². The van der Waals surface area contributed by atoms with Gasteiger partial charge >= 0.3 is 0 Å². The number of furan rings is 1. The van der Waals surface area contributed by atoms with Crippen LogP contribution in [-0.2, 0) is 11.3 Å². The van der Waals surface area contributed by atoms with E-state index in [2.05, 4.69) is 15.2 Å². The maximum Gasteiger partial charge on any atom is 0.271 e. The van der Waals surface area contributed by atoms with Gasteiger partial charge in [-0.1, -0.05) is 0 Å². The number of carbonyl (C=O) groups excluding carboxylic acids is 1. The highest BCUT2D eigenvalue weighted by Gasteiger charge is 2.44. The zero-order valence-electron chi connectivity index (χ0n) is 13.6. The summed E-state index contributed by atoms with van der Waals surface area (Å²) >= 11 is 1.43. The standard InChI is InChI=1S/C17H21N3O3S/c1-11-4-5-12(23-11)7-20-8-13(16-15(20)3-2-6-22-16)19-17(21)14-9-24-10-18-14/h4-5,9-10,13,15-16H,2-3,6-8H2,1H3,(H,19,21)/t13-,15-,16-/m0/s1. The Balaban J connectivity index is 1.47. The lowest BCUT2D eigenvalue weighted by Crippen LogP contribution is -2.47. The van der Waals surface area contributed by atoms with Gasteiger partial charge < -0.3 is 14.5 Å². The van der Waals surface area contributed by atoms with Crippen molar-refractivity contribution in [3.8, 4) is 0 Å². The molecule has 2 aliphatic rings. The van der Waals surface area contributed by atoms with Crippen molar-refractivity contribution in [2.45, 2.75) is 44.5 Å². The molecule has 2 aromatic rings. The molecule has 0 unspecified atom stereocenters. The Morgan fingerprint density at radius 3 is 3.17 bits per heavy atom. The lowest BCUT2D eigenvalue weighted by molar-refractivity contribution is -0.0219. The molecule has 128 valence electrons. The summed E-state index contributed by atoms with van der Waals surface area (Å²) in [6, 6.07) is 4.32. The largest absolute Gasteiger partial charge is 0.465 e. The number of rotatable bonds is 4. The van der Waals surface area contributed by atoms with E-state index in [-0.39, 0.29) is 18.1 Å². The molecule has 1 N–H and O–H groups in total. The Bertz CT molecular complexity index is 700. The Morgan fingerprint density at radius 1 is 1.50 bits per heavy atom. The first-order valence-corrected chi connectivity index (χ1v) is 9.25. The number of aryl methyl sites for hydroxylation is 1. The van der Waals surface area contributed by atoms with Gasteiger partial charge in [-0.3, -0.25) is 9.69 Å².